The Hall–Kier alpha value is -1.46. The maximum atomic E-state index is 5.48. The molecule has 0 aliphatic heterocycles. The Morgan fingerprint density at radius 2 is 1.93 bits per heavy atom. The second kappa shape index (κ2) is 6.10. The zero-order valence-electron chi connectivity index (χ0n) is 9.19. The van der Waals surface area contributed by atoms with Gasteiger partial charge < -0.3 is 9.47 Å². The summed E-state index contributed by atoms with van der Waals surface area (Å²) >= 11 is 0. The molecule has 0 bridgehead atoms. The molecular formula is C13H16O2. The molecule has 0 aromatic heterocycles. The highest BCUT2D eigenvalue weighted by atomic mass is 16.5. The molecule has 0 fully saturated rings. The summed E-state index contributed by atoms with van der Waals surface area (Å²) in [5, 5.41) is 0. The van der Waals surface area contributed by atoms with Crippen LogP contribution in [0.25, 0.3) is 0 Å². The van der Waals surface area contributed by atoms with E-state index in [1.807, 2.05) is 38.1 Å². The average Bonchev–Trinajstić information content (AvgIpc) is 2.25. The van der Waals surface area contributed by atoms with E-state index in [4.69, 9.17) is 15.9 Å². The van der Waals surface area contributed by atoms with Crippen molar-refractivity contribution in [3.05, 3.63) is 29.8 Å². The van der Waals surface area contributed by atoms with Crippen LogP contribution in [0.5, 0.6) is 5.75 Å². The van der Waals surface area contributed by atoms with Crippen molar-refractivity contribution < 1.29 is 9.47 Å². The Balaban J connectivity index is 2.46. The zero-order valence-corrected chi connectivity index (χ0v) is 9.19. The molecule has 0 saturated carbocycles. The molecule has 15 heavy (non-hydrogen) atoms. The minimum Gasteiger partial charge on any atom is -0.481 e. The molecule has 1 aromatic rings. The molecule has 0 aliphatic rings. The average molecular weight is 204 g/mol. The van der Waals surface area contributed by atoms with Gasteiger partial charge in [-0.15, -0.1) is 6.42 Å². The Labute approximate surface area is 91.2 Å². The third kappa shape index (κ3) is 4.53. The third-order valence-corrected chi connectivity index (χ3v) is 1.83. The van der Waals surface area contributed by atoms with Gasteiger partial charge in [0.15, 0.2) is 0 Å². The summed E-state index contributed by atoms with van der Waals surface area (Å²) in [6.45, 7) is 4.98. The quantitative estimate of drug-likeness (QED) is 0.686. The summed E-state index contributed by atoms with van der Waals surface area (Å²) in [7, 11) is 0. The van der Waals surface area contributed by atoms with Gasteiger partial charge in [0.25, 0.3) is 0 Å². The lowest BCUT2D eigenvalue weighted by Gasteiger charge is -2.08. The van der Waals surface area contributed by atoms with Crippen LogP contribution in [0, 0.1) is 12.3 Å². The highest BCUT2D eigenvalue weighted by Crippen LogP contribution is 2.13. The van der Waals surface area contributed by atoms with Crippen LogP contribution >= 0.6 is 0 Å². The maximum Gasteiger partial charge on any atom is 0.148 e. The van der Waals surface area contributed by atoms with Gasteiger partial charge in [0.2, 0.25) is 0 Å². The Morgan fingerprint density at radius 3 is 2.47 bits per heavy atom. The summed E-state index contributed by atoms with van der Waals surface area (Å²) < 4.78 is 10.7. The van der Waals surface area contributed by atoms with Gasteiger partial charge >= 0.3 is 0 Å². The van der Waals surface area contributed by atoms with E-state index in [0.29, 0.717) is 13.2 Å². The zero-order chi connectivity index (χ0) is 11.1. The smallest absolute Gasteiger partial charge is 0.148 e. The van der Waals surface area contributed by atoms with Crippen LogP contribution in [-0.4, -0.2) is 12.7 Å². The second-order valence-corrected chi connectivity index (χ2v) is 3.50. The van der Waals surface area contributed by atoms with Crippen LogP contribution < -0.4 is 4.74 Å². The standard InChI is InChI=1S/C13H16O2/c1-4-9-14-13-7-5-12(6-8-13)10-15-11(2)3/h1,5-8,11H,9-10H2,2-3H3. The predicted octanol–water partition coefficient (Wildman–Crippen LogP) is 2.62. The van der Waals surface area contributed by atoms with Crippen molar-refractivity contribution in [1.82, 2.24) is 0 Å². The summed E-state index contributed by atoms with van der Waals surface area (Å²) in [6.07, 6.45) is 5.34. The maximum absolute atomic E-state index is 5.48. The predicted molar refractivity (Wildman–Crippen MR) is 60.7 cm³/mol. The first kappa shape index (κ1) is 11.6. The molecule has 0 heterocycles. The van der Waals surface area contributed by atoms with E-state index in [1.165, 1.54) is 0 Å². The van der Waals surface area contributed by atoms with E-state index in [9.17, 15) is 0 Å². The number of hydrogen-bond donors (Lipinski definition) is 0. The van der Waals surface area contributed by atoms with Crippen LogP contribution in [-0.2, 0) is 11.3 Å². The monoisotopic (exact) mass is 204 g/mol. The molecular weight excluding hydrogens is 188 g/mol. The van der Waals surface area contributed by atoms with Gasteiger partial charge in [0.1, 0.15) is 12.4 Å². The second-order valence-electron chi connectivity index (χ2n) is 3.50. The fourth-order valence-corrected chi connectivity index (χ4v) is 1.07. The molecule has 0 saturated heterocycles. The van der Waals surface area contributed by atoms with Gasteiger partial charge in [-0.2, -0.15) is 0 Å². The van der Waals surface area contributed by atoms with Crippen LogP contribution in [0.15, 0.2) is 24.3 Å². The minimum atomic E-state index is 0.252. The molecule has 80 valence electrons. The Bertz CT molecular complexity index is 319. The van der Waals surface area contributed by atoms with Crippen molar-refractivity contribution in [3.63, 3.8) is 0 Å². The highest BCUT2D eigenvalue weighted by Gasteiger charge is 1.97. The summed E-state index contributed by atoms with van der Waals surface area (Å²) in [6, 6.07) is 7.76. The van der Waals surface area contributed by atoms with E-state index in [2.05, 4.69) is 5.92 Å². The van der Waals surface area contributed by atoms with Crippen molar-refractivity contribution >= 4 is 0 Å². The van der Waals surface area contributed by atoms with Crippen LogP contribution in [0.4, 0.5) is 0 Å². The van der Waals surface area contributed by atoms with Gasteiger partial charge in [-0.3, -0.25) is 0 Å². The lowest BCUT2D eigenvalue weighted by molar-refractivity contribution is 0.0657. The normalized spacial score (nSPS) is 10.0. The molecule has 0 atom stereocenters. The lowest BCUT2D eigenvalue weighted by atomic mass is 10.2. The topological polar surface area (TPSA) is 18.5 Å². The molecule has 2 heteroatoms. The van der Waals surface area contributed by atoms with E-state index >= 15 is 0 Å². The molecule has 0 aliphatic carbocycles. The van der Waals surface area contributed by atoms with Gasteiger partial charge in [-0.05, 0) is 31.5 Å². The number of rotatable bonds is 5. The van der Waals surface area contributed by atoms with Crippen molar-refractivity contribution in [2.24, 2.45) is 0 Å². The summed E-state index contributed by atoms with van der Waals surface area (Å²) in [5.41, 5.74) is 1.14. The van der Waals surface area contributed by atoms with Gasteiger partial charge in [0, 0.05) is 0 Å². The van der Waals surface area contributed by atoms with Crippen molar-refractivity contribution in [2.75, 3.05) is 6.61 Å². The molecule has 0 N–H and O–H groups in total. The van der Waals surface area contributed by atoms with Gasteiger partial charge in [-0.1, -0.05) is 18.1 Å². The van der Waals surface area contributed by atoms with E-state index in [-0.39, 0.29) is 6.10 Å². The Morgan fingerprint density at radius 1 is 1.27 bits per heavy atom. The molecule has 0 radical (unpaired) electrons. The van der Waals surface area contributed by atoms with E-state index in [0.717, 1.165) is 11.3 Å². The fourth-order valence-electron chi connectivity index (χ4n) is 1.07. The molecule has 0 spiro atoms. The van der Waals surface area contributed by atoms with E-state index in [1.54, 1.807) is 0 Å². The largest absolute Gasteiger partial charge is 0.481 e. The number of terminal acetylenes is 1. The first-order chi connectivity index (χ1) is 7.22. The highest BCUT2D eigenvalue weighted by molar-refractivity contribution is 5.27. The van der Waals surface area contributed by atoms with Crippen molar-refractivity contribution in [1.29, 1.82) is 0 Å². The third-order valence-electron chi connectivity index (χ3n) is 1.83. The van der Waals surface area contributed by atoms with Crippen LogP contribution in [0.2, 0.25) is 0 Å². The summed E-state index contributed by atoms with van der Waals surface area (Å²) in [4.78, 5) is 0. The first-order valence-electron chi connectivity index (χ1n) is 4.99. The number of benzene rings is 1. The van der Waals surface area contributed by atoms with Crippen molar-refractivity contribution in [3.8, 4) is 18.1 Å². The first-order valence-corrected chi connectivity index (χ1v) is 4.99. The fraction of sp³-hybridized carbons (Fsp3) is 0.385. The SMILES string of the molecule is C#CCOc1ccc(COC(C)C)cc1. The van der Waals surface area contributed by atoms with Gasteiger partial charge in [0.05, 0.1) is 12.7 Å². The molecule has 0 unspecified atom stereocenters. The molecule has 1 rings (SSSR count). The molecule has 1 aromatic carbocycles. The number of ether oxygens (including phenoxy) is 2. The van der Waals surface area contributed by atoms with Crippen molar-refractivity contribution in [2.45, 2.75) is 26.6 Å². The summed E-state index contributed by atoms with van der Waals surface area (Å²) in [5.74, 6) is 3.22. The number of hydrogen-bond acceptors (Lipinski definition) is 2. The molecule has 0 amide bonds. The minimum absolute atomic E-state index is 0.252. The lowest BCUT2D eigenvalue weighted by Crippen LogP contribution is -2.02. The van der Waals surface area contributed by atoms with Crippen LogP contribution in [0.3, 0.4) is 0 Å². The van der Waals surface area contributed by atoms with E-state index < -0.39 is 0 Å². The van der Waals surface area contributed by atoms with Crippen LogP contribution in [0.1, 0.15) is 19.4 Å². The van der Waals surface area contributed by atoms with Gasteiger partial charge in [-0.25, -0.2) is 0 Å². The molecule has 2 nitrogen and oxygen atoms in total. The Kier molecular flexibility index (Phi) is 4.73.